The minimum atomic E-state index is -0.0759. The van der Waals surface area contributed by atoms with Crippen LogP contribution in [0, 0.1) is 11.8 Å². The monoisotopic (exact) mass is 303 g/mol. The zero-order chi connectivity index (χ0) is 15.1. The van der Waals surface area contributed by atoms with E-state index in [0.29, 0.717) is 41.9 Å². The SMILES string of the molecule is CN(Cc1nc(-c2ccco2)no1)C1C[C@H]2CC(O)C[C@H]2C1. The maximum Gasteiger partial charge on any atom is 0.241 e. The van der Waals surface area contributed by atoms with Crippen LogP contribution in [0.15, 0.2) is 27.3 Å². The van der Waals surface area contributed by atoms with Gasteiger partial charge in [-0.15, -0.1) is 0 Å². The summed E-state index contributed by atoms with van der Waals surface area (Å²) in [6.45, 7) is 0.653. The second-order valence-corrected chi connectivity index (χ2v) is 6.67. The zero-order valence-corrected chi connectivity index (χ0v) is 12.7. The van der Waals surface area contributed by atoms with Crippen LogP contribution in [0.3, 0.4) is 0 Å². The van der Waals surface area contributed by atoms with Gasteiger partial charge >= 0.3 is 0 Å². The van der Waals surface area contributed by atoms with Crippen LogP contribution in [0.25, 0.3) is 11.6 Å². The second kappa shape index (κ2) is 5.52. The molecular formula is C16H21N3O3. The standard InChI is InChI=1S/C16H21N3O3/c1-19(12-5-10-7-13(20)8-11(10)6-12)9-15-17-16(18-22-15)14-3-2-4-21-14/h2-4,10-13,20H,5-9H2,1H3/t10-,11+,12?,13?. The lowest BCUT2D eigenvalue weighted by atomic mass is 10.0. The summed E-state index contributed by atoms with van der Waals surface area (Å²) < 4.78 is 10.6. The van der Waals surface area contributed by atoms with Gasteiger partial charge in [0.15, 0.2) is 5.76 Å². The number of hydrogen-bond donors (Lipinski definition) is 1. The fourth-order valence-electron chi connectivity index (χ4n) is 4.08. The molecule has 2 aromatic rings. The van der Waals surface area contributed by atoms with Gasteiger partial charge < -0.3 is 14.0 Å². The number of furan rings is 1. The largest absolute Gasteiger partial charge is 0.461 e. The molecule has 6 heteroatoms. The topological polar surface area (TPSA) is 75.5 Å². The summed E-state index contributed by atoms with van der Waals surface area (Å²) in [5.41, 5.74) is 0. The molecule has 0 bridgehead atoms. The molecule has 2 unspecified atom stereocenters. The molecule has 2 saturated carbocycles. The third kappa shape index (κ3) is 2.57. The van der Waals surface area contributed by atoms with E-state index in [-0.39, 0.29) is 6.10 Å². The molecule has 2 aliphatic rings. The van der Waals surface area contributed by atoms with E-state index in [9.17, 15) is 5.11 Å². The third-order valence-corrected chi connectivity index (χ3v) is 5.18. The Labute approximate surface area is 129 Å². The molecule has 2 fully saturated rings. The summed E-state index contributed by atoms with van der Waals surface area (Å²) in [7, 11) is 2.11. The molecule has 0 radical (unpaired) electrons. The summed E-state index contributed by atoms with van der Waals surface area (Å²) in [4.78, 5) is 6.69. The Morgan fingerprint density at radius 3 is 2.73 bits per heavy atom. The minimum absolute atomic E-state index is 0.0759. The number of rotatable bonds is 4. The lowest BCUT2D eigenvalue weighted by Crippen LogP contribution is -2.30. The van der Waals surface area contributed by atoms with Gasteiger partial charge in [-0.2, -0.15) is 4.98 Å². The summed E-state index contributed by atoms with van der Waals surface area (Å²) in [5.74, 6) is 3.11. The van der Waals surface area contributed by atoms with Gasteiger partial charge in [-0.25, -0.2) is 0 Å². The molecule has 0 amide bonds. The highest BCUT2D eigenvalue weighted by molar-refractivity contribution is 5.44. The Morgan fingerprint density at radius 2 is 2.05 bits per heavy atom. The van der Waals surface area contributed by atoms with Crippen molar-refractivity contribution in [1.29, 1.82) is 0 Å². The van der Waals surface area contributed by atoms with Crippen LogP contribution in [0.1, 0.15) is 31.6 Å². The van der Waals surface area contributed by atoms with Crippen molar-refractivity contribution >= 4 is 0 Å². The van der Waals surface area contributed by atoms with Crippen LogP contribution in [-0.4, -0.2) is 39.3 Å². The predicted octanol–water partition coefficient (Wildman–Crippen LogP) is 2.31. The van der Waals surface area contributed by atoms with Gasteiger partial charge in [0.1, 0.15) is 0 Å². The predicted molar refractivity (Wildman–Crippen MR) is 78.7 cm³/mol. The van der Waals surface area contributed by atoms with E-state index in [0.717, 1.165) is 25.7 Å². The average Bonchev–Trinajstić information content (AvgIpc) is 3.20. The molecule has 0 aliphatic heterocycles. The van der Waals surface area contributed by atoms with Crippen LogP contribution < -0.4 is 0 Å². The van der Waals surface area contributed by atoms with Crippen molar-refractivity contribution in [3.05, 3.63) is 24.3 Å². The van der Waals surface area contributed by atoms with E-state index < -0.39 is 0 Å². The van der Waals surface area contributed by atoms with Gasteiger partial charge in [0, 0.05) is 6.04 Å². The van der Waals surface area contributed by atoms with Crippen molar-refractivity contribution in [3.8, 4) is 11.6 Å². The quantitative estimate of drug-likeness (QED) is 0.934. The van der Waals surface area contributed by atoms with Gasteiger partial charge in [-0.3, -0.25) is 4.90 Å². The first kappa shape index (κ1) is 14.0. The number of aromatic nitrogens is 2. The highest BCUT2D eigenvalue weighted by Gasteiger charge is 2.42. The third-order valence-electron chi connectivity index (χ3n) is 5.18. The minimum Gasteiger partial charge on any atom is -0.461 e. The molecule has 22 heavy (non-hydrogen) atoms. The maximum atomic E-state index is 9.73. The van der Waals surface area contributed by atoms with Gasteiger partial charge in [0.2, 0.25) is 11.7 Å². The normalized spacial score (nSPS) is 31.0. The van der Waals surface area contributed by atoms with Crippen molar-refractivity contribution in [3.63, 3.8) is 0 Å². The highest BCUT2D eigenvalue weighted by Crippen LogP contribution is 2.45. The van der Waals surface area contributed by atoms with Crippen LogP contribution in [0.4, 0.5) is 0 Å². The van der Waals surface area contributed by atoms with E-state index in [2.05, 4.69) is 22.1 Å². The summed E-state index contributed by atoms with van der Waals surface area (Å²) in [6.07, 6.45) is 5.79. The van der Waals surface area contributed by atoms with Crippen LogP contribution in [0.2, 0.25) is 0 Å². The van der Waals surface area contributed by atoms with Gasteiger partial charge in [-0.1, -0.05) is 5.16 Å². The first-order valence-corrected chi connectivity index (χ1v) is 7.94. The van der Waals surface area contributed by atoms with Gasteiger partial charge in [0.25, 0.3) is 0 Å². The van der Waals surface area contributed by atoms with E-state index in [1.165, 1.54) is 0 Å². The molecule has 2 aliphatic carbocycles. The molecule has 2 aromatic heterocycles. The first-order valence-electron chi connectivity index (χ1n) is 7.94. The molecule has 1 N–H and O–H groups in total. The Hall–Kier alpha value is -1.66. The lowest BCUT2D eigenvalue weighted by Gasteiger charge is -2.23. The number of aliphatic hydroxyl groups excluding tert-OH is 1. The van der Waals surface area contributed by atoms with Gasteiger partial charge in [0.05, 0.1) is 18.9 Å². The Balaban J connectivity index is 1.38. The number of hydrogen-bond acceptors (Lipinski definition) is 6. The zero-order valence-electron chi connectivity index (χ0n) is 12.7. The molecule has 0 saturated heterocycles. The van der Waals surface area contributed by atoms with E-state index >= 15 is 0 Å². The van der Waals surface area contributed by atoms with Crippen molar-refractivity contribution < 1.29 is 14.0 Å². The Bertz CT molecular complexity index is 610. The molecular weight excluding hydrogens is 282 g/mol. The number of aliphatic hydroxyl groups is 1. The van der Waals surface area contributed by atoms with Crippen molar-refractivity contribution in [2.45, 2.75) is 44.4 Å². The molecule has 0 aromatic carbocycles. The molecule has 4 rings (SSSR count). The lowest BCUT2D eigenvalue weighted by molar-refractivity contribution is 0.153. The first-order chi connectivity index (χ1) is 10.7. The van der Waals surface area contributed by atoms with Crippen LogP contribution in [-0.2, 0) is 6.54 Å². The molecule has 0 spiro atoms. The summed E-state index contributed by atoms with van der Waals surface area (Å²) in [6, 6.07) is 4.17. The Kier molecular flexibility index (Phi) is 3.50. The smallest absolute Gasteiger partial charge is 0.241 e. The van der Waals surface area contributed by atoms with E-state index in [1.54, 1.807) is 6.26 Å². The van der Waals surface area contributed by atoms with Gasteiger partial charge in [-0.05, 0) is 56.7 Å². The van der Waals surface area contributed by atoms with E-state index in [4.69, 9.17) is 8.94 Å². The Morgan fingerprint density at radius 1 is 1.27 bits per heavy atom. The average molecular weight is 303 g/mol. The highest BCUT2D eigenvalue weighted by atomic mass is 16.5. The molecule has 2 heterocycles. The van der Waals surface area contributed by atoms with Crippen molar-refractivity contribution in [2.24, 2.45) is 11.8 Å². The van der Waals surface area contributed by atoms with Crippen LogP contribution >= 0.6 is 0 Å². The van der Waals surface area contributed by atoms with Crippen molar-refractivity contribution in [1.82, 2.24) is 15.0 Å². The number of nitrogens with zero attached hydrogens (tertiary/aromatic N) is 3. The fraction of sp³-hybridized carbons (Fsp3) is 0.625. The molecule has 118 valence electrons. The van der Waals surface area contributed by atoms with Crippen molar-refractivity contribution in [2.75, 3.05) is 7.05 Å². The molecule has 6 nitrogen and oxygen atoms in total. The second-order valence-electron chi connectivity index (χ2n) is 6.67. The maximum absolute atomic E-state index is 9.73. The number of fused-ring (bicyclic) bond motifs is 1. The summed E-state index contributed by atoms with van der Waals surface area (Å²) in [5, 5.41) is 13.7. The van der Waals surface area contributed by atoms with E-state index in [1.807, 2.05) is 12.1 Å². The molecule has 4 atom stereocenters. The fourth-order valence-corrected chi connectivity index (χ4v) is 4.08. The van der Waals surface area contributed by atoms with Crippen LogP contribution in [0.5, 0.6) is 0 Å². The summed E-state index contributed by atoms with van der Waals surface area (Å²) >= 11 is 0.